The van der Waals surface area contributed by atoms with Gasteiger partial charge in [-0.1, -0.05) is 12.1 Å². The molecule has 0 bridgehead atoms. The van der Waals surface area contributed by atoms with Crippen molar-refractivity contribution >= 4 is 6.09 Å². The van der Waals surface area contributed by atoms with Crippen LogP contribution in [0.1, 0.15) is 12.5 Å². The molecule has 1 saturated heterocycles. The number of benzene rings is 1. The summed E-state index contributed by atoms with van der Waals surface area (Å²) in [5.41, 5.74) is 0.207. The second-order valence-corrected chi connectivity index (χ2v) is 4.68. The van der Waals surface area contributed by atoms with Gasteiger partial charge in [0.2, 0.25) is 0 Å². The summed E-state index contributed by atoms with van der Waals surface area (Å²) in [6.45, 7) is 2.42. The van der Waals surface area contributed by atoms with E-state index in [9.17, 15) is 9.90 Å². The Morgan fingerprint density at radius 1 is 1.44 bits per heavy atom. The highest BCUT2D eigenvalue weighted by molar-refractivity contribution is 5.70. The van der Waals surface area contributed by atoms with Crippen molar-refractivity contribution in [1.29, 1.82) is 0 Å². The van der Waals surface area contributed by atoms with E-state index in [-0.39, 0.29) is 12.7 Å². The number of cyclic esters (lactones) is 1. The number of ether oxygens (including phenoxy) is 2. The predicted octanol–water partition coefficient (Wildman–Crippen LogP) is 1.40. The molecular formula is C13H17NO4. The number of nitrogens with zero attached hydrogens (tertiary/aromatic N) is 1. The Bertz CT molecular complexity index is 431. The van der Waals surface area contributed by atoms with Crippen molar-refractivity contribution in [3.8, 4) is 5.75 Å². The minimum absolute atomic E-state index is 0.169. The Morgan fingerprint density at radius 3 is 2.61 bits per heavy atom. The lowest BCUT2D eigenvalue weighted by Crippen LogP contribution is -2.34. The summed E-state index contributed by atoms with van der Waals surface area (Å²) in [5.74, 6) is 0.781. The molecule has 1 amide bonds. The molecule has 0 saturated carbocycles. The van der Waals surface area contributed by atoms with Crippen LogP contribution in [0.15, 0.2) is 24.3 Å². The molecular weight excluding hydrogens is 234 g/mol. The minimum Gasteiger partial charge on any atom is -0.497 e. The predicted molar refractivity (Wildman–Crippen MR) is 65.4 cm³/mol. The highest BCUT2D eigenvalue weighted by atomic mass is 16.6. The summed E-state index contributed by atoms with van der Waals surface area (Å²) in [4.78, 5) is 13.2. The fourth-order valence-electron chi connectivity index (χ4n) is 1.93. The van der Waals surface area contributed by atoms with Crippen LogP contribution < -0.4 is 4.74 Å². The molecule has 1 heterocycles. The molecule has 2 rings (SSSR count). The SMILES string of the molecule is COc1ccc(CN2CC(C)(CO)OC2=O)cc1. The average Bonchev–Trinajstić information content (AvgIpc) is 2.66. The van der Waals surface area contributed by atoms with Gasteiger partial charge in [-0.05, 0) is 24.6 Å². The second kappa shape index (κ2) is 4.86. The molecule has 1 atom stereocenters. The quantitative estimate of drug-likeness (QED) is 0.878. The summed E-state index contributed by atoms with van der Waals surface area (Å²) >= 11 is 0. The largest absolute Gasteiger partial charge is 0.497 e. The van der Waals surface area contributed by atoms with Gasteiger partial charge in [-0.15, -0.1) is 0 Å². The van der Waals surface area contributed by atoms with Gasteiger partial charge in [-0.2, -0.15) is 0 Å². The normalized spacial score (nSPS) is 23.1. The lowest BCUT2D eigenvalue weighted by molar-refractivity contribution is 0.0219. The van der Waals surface area contributed by atoms with E-state index < -0.39 is 5.60 Å². The van der Waals surface area contributed by atoms with E-state index in [0.717, 1.165) is 11.3 Å². The molecule has 5 heteroatoms. The molecule has 18 heavy (non-hydrogen) atoms. The number of amides is 1. The van der Waals surface area contributed by atoms with Crippen LogP contribution in [0.2, 0.25) is 0 Å². The van der Waals surface area contributed by atoms with E-state index in [1.54, 1.807) is 18.9 Å². The first-order chi connectivity index (χ1) is 8.56. The van der Waals surface area contributed by atoms with Crippen LogP contribution >= 0.6 is 0 Å². The first-order valence-corrected chi connectivity index (χ1v) is 5.78. The van der Waals surface area contributed by atoms with Crippen LogP contribution in [-0.2, 0) is 11.3 Å². The molecule has 5 nitrogen and oxygen atoms in total. The number of carbonyl (C=O) groups is 1. The number of aliphatic hydroxyl groups is 1. The Labute approximate surface area is 106 Å². The van der Waals surface area contributed by atoms with Crippen molar-refractivity contribution in [3.63, 3.8) is 0 Å². The molecule has 1 aliphatic heterocycles. The Hall–Kier alpha value is -1.75. The highest BCUT2D eigenvalue weighted by Crippen LogP contribution is 2.24. The van der Waals surface area contributed by atoms with Crippen molar-refractivity contribution in [2.75, 3.05) is 20.3 Å². The van der Waals surface area contributed by atoms with Gasteiger partial charge in [0.1, 0.15) is 5.75 Å². The maximum Gasteiger partial charge on any atom is 0.410 e. The average molecular weight is 251 g/mol. The zero-order valence-corrected chi connectivity index (χ0v) is 10.5. The van der Waals surface area contributed by atoms with Crippen LogP contribution in [0.3, 0.4) is 0 Å². The number of methoxy groups -OCH3 is 1. The van der Waals surface area contributed by atoms with Crippen molar-refractivity contribution in [2.45, 2.75) is 19.1 Å². The van der Waals surface area contributed by atoms with Crippen molar-refractivity contribution in [1.82, 2.24) is 4.90 Å². The van der Waals surface area contributed by atoms with Gasteiger partial charge in [-0.3, -0.25) is 4.90 Å². The Morgan fingerprint density at radius 2 is 2.11 bits per heavy atom. The van der Waals surface area contributed by atoms with E-state index in [1.165, 1.54) is 0 Å². The zero-order valence-electron chi connectivity index (χ0n) is 10.5. The van der Waals surface area contributed by atoms with E-state index in [0.29, 0.717) is 13.1 Å². The maximum atomic E-state index is 11.6. The third-order valence-corrected chi connectivity index (χ3v) is 2.98. The first kappa shape index (κ1) is 12.7. The standard InChI is InChI=1S/C13H17NO4/c1-13(9-15)8-14(12(16)18-13)7-10-3-5-11(17-2)6-4-10/h3-6,15H,7-9H2,1-2H3. The van der Waals surface area contributed by atoms with E-state index >= 15 is 0 Å². The van der Waals surface area contributed by atoms with Gasteiger partial charge in [0.25, 0.3) is 0 Å². The third-order valence-electron chi connectivity index (χ3n) is 2.98. The van der Waals surface area contributed by atoms with Crippen LogP contribution in [0.5, 0.6) is 5.75 Å². The van der Waals surface area contributed by atoms with Gasteiger partial charge >= 0.3 is 6.09 Å². The molecule has 1 aliphatic rings. The van der Waals surface area contributed by atoms with Crippen molar-refractivity contribution < 1.29 is 19.4 Å². The summed E-state index contributed by atoms with van der Waals surface area (Å²) in [5, 5.41) is 9.17. The maximum absolute atomic E-state index is 11.6. The molecule has 0 radical (unpaired) electrons. The van der Waals surface area contributed by atoms with Crippen LogP contribution in [-0.4, -0.2) is 42.0 Å². The van der Waals surface area contributed by atoms with Crippen LogP contribution in [0, 0.1) is 0 Å². The molecule has 1 aromatic rings. The molecule has 1 fully saturated rings. The lowest BCUT2D eigenvalue weighted by atomic mass is 10.1. The van der Waals surface area contributed by atoms with Crippen LogP contribution in [0.25, 0.3) is 0 Å². The zero-order chi connectivity index (χ0) is 13.2. The van der Waals surface area contributed by atoms with Gasteiger partial charge in [0.15, 0.2) is 5.60 Å². The number of aliphatic hydroxyl groups excluding tert-OH is 1. The monoisotopic (exact) mass is 251 g/mol. The highest BCUT2D eigenvalue weighted by Gasteiger charge is 2.40. The molecule has 1 N–H and O–H groups in total. The topological polar surface area (TPSA) is 59.0 Å². The molecule has 0 spiro atoms. The third kappa shape index (κ3) is 2.56. The summed E-state index contributed by atoms with van der Waals surface area (Å²) in [6.07, 6.45) is -0.387. The fourth-order valence-corrected chi connectivity index (χ4v) is 1.93. The van der Waals surface area contributed by atoms with E-state index in [2.05, 4.69) is 0 Å². The lowest BCUT2D eigenvalue weighted by Gasteiger charge is -2.18. The second-order valence-electron chi connectivity index (χ2n) is 4.68. The minimum atomic E-state index is -0.788. The Balaban J connectivity index is 2.03. The molecule has 0 aromatic heterocycles. The molecule has 98 valence electrons. The fraction of sp³-hybridized carbons (Fsp3) is 0.462. The van der Waals surface area contributed by atoms with E-state index in [1.807, 2.05) is 24.3 Å². The summed E-state index contributed by atoms with van der Waals surface area (Å²) in [6, 6.07) is 7.51. The number of carbonyl (C=O) groups excluding carboxylic acids is 1. The number of hydrogen-bond donors (Lipinski definition) is 1. The number of rotatable bonds is 4. The smallest absolute Gasteiger partial charge is 0.410 e. The van der Waals surface area contributed by atoms with Gasteiger partial charge < -0.3 is 14.6 Å². The summed E-state index contributed by atoms with van der Waals surface area (Å²) < 4.78 is 10.2. The van der Waals surface area contributed by atoms with E-state index in [4.69, 9.17) is 9.47 Å². The molecule has 0 aliphatic carbocycles. The van der Waals surface area contributed by atoms with Gasteiger partial charge in [-0.25, -0.2) is 4.79 Å². The van der Waals surface area contributed by atoms with Crippen LogP contribution in [0.4, 0.5) is 4.79 Å². The van der Waals surface area contributed by atoms with Gasteiger partial charge in [0.05, 0.1) is 20.3 Å². The molecule has 1 unspecified atom stereocenters. The number of hydrogen-bond acceptors (Lipinski definition) is 4. The van der Waals surface area contributed by atoms with Gasteiger partial charge in [0, 0.05) is 6.54 Å². The Kier molecular flexibility index (Phi) is 3.43. The van der Waals surface area contributed by atoms with Crippen molar-refractivity contribution in [2.24, 2.45) is 0 Å². The molecule has 1 aromatic carbocycles. The first-order valence-electron chi connectivity index (χ1n) is 5.78. The summed E-state index contributed by atoms with van der Waals surface area (Å²) in [7, 11) is 1.61. The van der Waals surface area contributed by atoms with Crippen molar-refractivity contribution in [3.05, 3.63) is 29.8 Å².